The standard InChI is InChI=1S/C23H26N2O5/c1-28-17-8-6-16(7-9-17)20(25-10-12-29-13-11-25)15-24-22(26)14-21-18-4-2-3-5-19(18)23(27)30-21/h2-9,20-21H,10-15H2,1H3,(H,24,26)/t20-,21+/m0/s1. The first-order valence-corrected chi connectivity index (χ1v) is 10.2. The number of esters is 1. The molecule has 7 heteroatoms. The maximum absolute atomic E-state index is 12.7. The Morgan fingerprint density at radius 2 is 1.90 bits per heavy atom. The first kappa shape index (κ1) is 20.4. The zero-order valence-corrected chi connectivity index (χ0v) is 17.0. The topological polar surface area (TPSA) is 77.1 Å². The Hall–Kier alpha value is -2.90. The van der Waals surface area contributed by atoms with Gasteiger partial charge in [0.15, 0.2) is 0 Å². The molecule has 4 rings (SSSR count). The van der Waals surface area contributed by atoms with Gasteiger partial charge in [-0.25, -0.2) is 4.79 Å². The van der Waals surface area contributed by atoms with Crippen LogP contribution in [0.5, 0.6) is 5.75 Å². The predicted molar refractivity (Wildman–Crippen MR) is 110 cm³/mol. The van der Waals surface area contributed by atoms with Gasteiger partial charge in [0.25, 0.3) is 0 Å². The van der Waals surface area contributed by atoms with Gasteiger partial charge in [-0.3, -0.25) is 9.69 Å². The van der Waals surface area contributed by atoms with Crippen LogP contribution in [0, 0.1) is 0 Å². The van der Waals surface area contributed by atoms with Gasteiger partial charge in [-0.15, -0.1) is 0 Å². The summed E-state index contributed by atoms with van der Waals surface area (Å²) in [6.45, 7) is 3.43. The van der Waals surface area contributed by atoms with Crippen molar-refractivity contribution in [3.8, 4) is 5.75 Å². The van der Waals surface area contributed by atoms with E-state index in [0.717, 1.165) is 30.0 Å². The number of carbonyl (C=O) groups is 2. The molecule has 2 heterocycles. The maximum atomic E-state index is 12.7. The minimum Gasteiger partial charge on any atom is -0.497 e. The fourth-order valence-corrected chi connectivity index (χ4v) is 4.00. The number of fused-ring (bicyclic) bond motifs is 1. The Kier molecular flexibility index (Phi) is 6.30. The van der Waals surface area contributed by atoms with Gasteiger partial charge < -0.3 is 19.5 Å². The highest BCUT2D eigenvalue weighted by Crippen LogP contribution is 2.32. The first-order valence-electron chi connectivity index (χ1n) is 10.2. The second-order valence-corrected chi connectivity index (χ2v) is 7.43. The number of benzene rings is 2. The van der Waals surface area contributed by atoms with Crippen molar-refractivity contribution in [1.82, 2.24) is 10.2 Å². The van der Waals surface area contributed by atoms with E-state index in [1.807, 2.05) is 36.4 Å². The number of amides is 1. The lowest BCUT2D eigenvalue weighted by Crippen LogP contribution is -2.44. The minimum atomic E-state index is -0.531. The van der Waals surface area contributed by atoms with Crippen LogP contribution >= 0.6 is 0 Å². The number of morpholine rings is 1. The van der Waals surface area contributed by atoms with Crippen molar-refractivity contribution in [2.24, 2.45) is 0 Å². The van der Waals surface area contributed by atoms with E-state index in [1.54, 1.807) is 19.2 Å². The first-order chi connectivity index (χ1) is 14.7. The van der Waals surface area contributed by atoms with Crippen LogP contribution in [0.3, 0.4) is 0 Å². The number of methoxy groups -OCH3 is 1. The molecule has 0 aromatic heterocycles. The largest absolute Gasteiger partial charge is 0.497 e. The number of cyclic esters (lactones) is 1. The molecular weight excluding hydrogens is 384 g/mol. The summed E-state index contributed by atoms with van der Waals surface area (Å²) in [5, 5.41) is 3.04. The van der Waals surface area contributed by atoms with E-state index in [0.29, 0.717) is 25.3 Å². The molecule has 1 amide bonds. The Morgan fingerprint density at radius 3 is 2.63 bits per heavy atom. The van der Waals surface area contributed by atoms with Crippen molar-refractivity contribution in [1.29, 1.82) is 0 Å². The second kappa shape index (κ2) is 9.28. The van der Waals surface area contributed by atoms with Crippen LogP contribution < -0.4 is 10.1 Å². The van der Waals surface area contributed by atoms with Gasteiger partial charge in [-0.2, -0.15) is 0 Å². The highest BCUT2D eigenvalue weighted by molar-refractivity contribution is 5.94. The molecule has 0 saturated carbocycles. The Morgan fingerprint density at radius 1 is 1.17 bits per heavy atom. The van der Waals surface area contributed by atoms with Crippen LogP contribution in [0.4, 0.5) is 0 Å². The fraction of sp³-hybridized carbons (Fsp3) is 0.391. The normalized spacial score (nSPS) is 19.6. The predicted octanol–water partition coefficient (Wildman–Crippen LogP) is 2.49. The Bertz CT molecular complexity index is 893. The summed E-state index contributed by atoms with van der Waals surface area (Å²) >= 11 is 0. The van der Waals surface area contributed by atoms with Gasteiger partial charge in [0.05, 0.1) is 38.3 Å². The molecule has 2 aliphatic rings. The van der Waals surface area contributed by atoms with Crippen LogP contribution in [0.2, 0.25) is 0 Å². The molecule has 1 saturated heterocycles. The summed E-state index contributed by atoms with van der Waals surface area (Å²) in [5.41, 5.74) is 2.42. The van der Waals surface area contributed by atoms with E-state index in [1.165, 1.54) is 0 Å². The Labute approximate surface area is 175 Å². The van der Waals surface area contributed by atoms with E-state index in [9.17, 15) is 9.59 Å². The number of nitrogens with zero attached hydrogens (tertiary/aromatic N) is 1. The third-order valence-electron chi connectivity index (χ3n) is 5.63. The minimum absolute atomic E-state index is 0.0298. The highest BCUT2D eigenvalue weighted by atomic mass is 16.5. The monoisotopic (exact) mass is 410 g/mol. The van der Waals surface area contributed by atoms with E-state index in [-0.39, 0.29) is 24.3 Å². The van der Waals surface area contributed by atoms with Gasteiger partial charge in [-0.1, -0.05) is 30.3 Å². The van der Waals surface area contributed by atoms with Crippen LogP contribution in [0.25, 0.3) is 0 Å². The maximum Gasteiger partial charge on any atom is 0.339 e. The van der Waals surface area contributed by atoms with Gasteiger partial charge in [-0.05, 0) is 23.8 Å². The summed E-state index contributed by atoms with van der Waals surface area (Å²) in [7, 11) is 1.64. The molecule has 2 atom stereocenters. The van der Waals surface area contributed by atoms with Crippen molar-refractivity contribution in [3.63, 3.8) is 0 Å². The van der Waals surface area contributed by atoms with Crippen LogP contribution in [-0.2, 0) is 14.3 Å². The summed E-state index contributed by atoms with van der Waals surface area (Å²) < 4.78 is 16.1. The molecule has 0 spiro atoms. The molecule has 30 heavy (non-hydrogen) atoms. The average molecular weight is 410 g/mol. The lowest BCUT2D eigenvalue weighted by Gasteiger charge is -2.35. The molecule has 2 aromatic carbocycles. The number of hydrogen-bond donors (Lipinski definition) is 1. The van der Waals surface area contributed by atoms with Crippen LogP contribution in [0.1, 0.15) is 40.1 Å². The zero-order valence-electron chi connectivity index (χ0n) is 17.0. The number of rotatable bonds is 7. The van der Waals surface area contributed by atoms with Gasteiger partial charge in [0.1, 0.15) is 11.9 Å². The van der Waals surface area contributed by atoms with E-state index in [2.05, 4.69) is 10.2 Å². The van der Waals surface area contributed by atoms with Crippen LogP contribution in [-0.4, -0.2) is 56.7 Å². The lowest BCUT2D eigenvalue weighted by molar-refractivity contribution is -0.123. The van der Waals surface area contributed by atoms with Crippen molar-refractivity contribution in [2.75, 3.05) is 40.0 Å². The summed E-state index contributed by atoms with van der Waals surface area (Å²) in [5.74, 6) is 0.286. The van der Waals surface area contributed by atoms with E-state index >= 15 is 0 Å². The van der Waals surface area contributed by atoms with Crippen molar-refractivity contribution in [2.45, 2.75) is 18.6 Å². The molecular formula is C23H26N2O5. The number of ether oxygens (including phenoxy) is 3. The molecule has 0 unspecified atom stereocenters. The van der Waals surface area contributed by atoms with Crippen molar-refractivity contribution in [3.05, 3.63) is 65.2 Å². The van der Waals surface area contributed by atoms with Crippen LogP contribution in [0.15, 0.2) is 48.5 Å². The number of hydrogen-bond acceptors (Lipinski definition) is 6. The van der Waals surface area contributed by atoms with Gasteiger partial charge in [0, 0.05) is 25.2 Å². The Balaban J connectivity index is 1.41. The molecule has 2 aliphatic heterocycles. The zero-order chi connectivity index (χ0) is 20.9. The summed E-state index contributed by atoms with van der Waals surface area (Å²) in [6, 6.07) is 15.2. The van der Waals surface area contributed by atoms with E-state index in [4.69, 9.17) is 14.2 Å². The van der Waals surface area contributed by atoms with E-state index < -0.39 is 6.10 Å². The molecule has 0 radical (unpaired) electrons. The second-order valence-electron chi connectivity index (χ2n) is 7.43. The third-order valence-corrected chi connectivity index (χ3v) is 5.63. The van der Waals surface area contributed by atoms with Crippen molar-refractivity contribution >= 4 is 11.9 Å². The van der Waals surface area contributed by atoms with Gasteiger partial charge >= 0.3 is 5.97 Å². The number of nitrogens with one attached hydrogen (secondary N) is 1. The smallest absolute Gasteiger partial charge is 0.339 e. The molecule has 0 aliphatic carbocycles. The lowest BCUT2D eigenvalue weighted by atomic mass is 10.0. The average Bonchev–Trinajstić information content (AvgIpc) is 3.10. The fourth-order valence-electron chi connectivity index (χ4n) is 4.00. The highest BCUT2D eigenvalue weighted by Gasteiger charge is 2.32. The summed E-state index contributed by atoms with van der Waals surface area (Å²) in [4.78, 5) is 27.0. The molecule has 2 aromatic rings. The molecule has 0 bridgehead atoms. The SMILES string of the molecule is COc1ccc([C@H](CNC(=O)C[C@H]2OC(=O)c3ccccc32)N2CCOCC2)cc1. The summed E-state index contributed by atoms with van der Waals surface area (Å²) in [6.07, 6.45) is -0.419. The van der Waals surface area contributed by atoms with Gasteiger partial charge in [0.2, 0.25) is 5.91 Å². The molecule has 158 valence electrons. The molecule has 7 nitrogen and oxygen atoms in total. The van der Waals surface area contributed by atoms with Crippen molar-refractivity contribution < 1.29 is 23.8 Å². The molecule has 1 fully saturated rings. The molecule has 1 N–H and O–H groups in total. The quantitative estimate of drug-likeness (QED) is 0.707. The number of carbonyl (C=O) groups excluding carboxylic acids is 2. The third kappa shape index (κ3) is 4.47.